The average Bonchev–Trinajstić information content (AvgIpc) is 2.20. The van der Waals surface area contributed by atoms with Crippen LogP contribution in [0.15, 0.2) is 0 Å². The summed E-state index contributed by atoms with van der Waals surface area (Å²) in [4.78, 5) is 22.5. The highest BCUT2D eigenvalue weighted by Gasteiger charge is 2.21. The van der Waals surface area contributed by atoms with Crippen LogP contribution >= 0.6 is 11.8 Å². The van der Waals surface area contributed by atoms with Gasteiger partial charge in [0, 0.05) is 5.92 Å². The second-order valence-electron chi connectivity index (χ2n) is 5.96. The van der Waals surface area contributed by atoms with Gasteiger partial charge in [-0.05, 0) is 23.3 Å². The van der Waals surface area contributed by atoms with Gasteiger partial charge in [0.1, 0.15) is 6.04 Å². The summed E-state index contributed by atoms with van der Waals surface area (Å²) < 4.78 is 0. The Bertz CT molecular complexity index is 284. The van der Waals surface area contributed by atoms with Crippen LogP contribution in [0, 0.1) is 11.3 Å². The third kappa shape index (κ3) is 8.39. The maximum absolute atomic E-state index is 11.5. The number of carbonyl (C=O) groups is 2. The zero-order valence-electron chi connectivity index (χ0n) is 11.9. The Morgan fingerprint density at radius 3 is 2.22 bits per heavy atom. The van der Waals surface area contributed by atoms with E-state index < -0.39 is 12.0 Å². The number of aliphatic carboxylic acids is 1. The van der Waals surface area contributed by atoms with Crippen molar-refractivity contribution in [1.29, 1.82) is 0 Å². The van der Waals surface area contributed by atoms with Crippen molar-refractivity contribution in [2.75, 3.05) is 11.5 Å². The van der Waals surface area contributed by atoms with Gasteiger partial charge >= 0.3 is 5.97 Å². The number of hydrogen-bond acceptors (Lipinski definition) is 3. The van der Waals surface area contributed by atoms with Gasteiger partial charge in [0.2, 0.25) is 5.91 Å². The second-order valence-corrected chi connectivity index (χ2v) is 7.06. The molecule has 0 aromatic rings. The van der Waals surface area contributed by atoms with E-state index in [4.69, 9.17) is 5.11 Å². The van der Waals surface area contributed by atoms with Crippen LogP contribution < -0.4 is 5.32 Å². The molecule has 0 aliphatic carbocycles. The van der Waals surface area contributed by atoms with Gasteiger partial charge in [0.15, 0.2) is 0 Å². The van der Waals surface area contributed by atoms with E-state index >= 15 is 0 Å². The molecule has 0 aliphatic rings. The number of amides is 1. The highest BCUT2D eigenvalue weighted by molar-refractivity contribution is 7.99. The molecule has 2 N–H and O–H groups in total. The summed E-state index contributed by atoms with van der Waals surface area (Å²) in [7, 11) is 0. The minimum absolute atomic E-state index is 0.186. The number of thioether (sulfide) groups is 1. The number of hydrogen-bond donors (Lipinski definition) is 2. The van der Waals surface area contributed by atoms with Gasteiger partial charge in [0.05, 0.1) is 0 Å². The lowest BCUT2D eigenvalue weighted by molar-refractivity contribution is -0.142. The van der Waals surface area contributed by atoms with E-state index in [1.165, 1.54) is 0 Å². The van der Waals surface area contributed by atoms with Crippen molar-refractivity contribution in [1.82, 2.24) is 5.32 Å². The van der Waals surface area contributed by atoms with Crippen molar-refractivity contribution in [2.24, 2.45) is 11.3 Å². The molecule has 0 spiro atoms. The number of carboxylic acid groups (broad SMARTS) is 1. The van der Waals surface area contributed by atoms with Gasteiger partial charge in [-0.2, -0.15) is 11.8 Å². The molecule has 0 saturated carbocycles. The number of rotatable bonds is 7. The molecule has 0 aromatic carbocycles. The zero-order chi connectivity index (χ0) is 14.3. The minimum Gasteiger partial charge on any atom is -0.480 e. The van der Waals surface area contributed by atoms with E-state index in [-0.39, 0.29) is 17.2 Å². The summed E-state index contributed by atoms with van der Waals surface area (Å²) >= 11 is 1.73. The fourth-order valence-electron chi connectivity index (χ4n) is 1.18. The first-order valence-corrected chi connectivity index (χ1v) is 7.40. The smallest absolute Gasteiger partial charge is 0.326 e. The first kappa shape index (κ1) is 17.3. The van der Waals surface area contributed by atoms with Crippen LogP contribution in [0.3, 0.4) is 0 Å². The van der Waals surface area contributed by atoms with Crippen molar-refractivity contribution >= 4 is 23.6 Å². The van der Waals surface area contributed by atoms with Crippen molar-refractivity contribution in [3.05, 3.63) is 0 Å². The first-order chi connectivity index (χ1) is 8.13. The van der Waals surface area contributed by atoms with Crippen LogP contribution in [0.5, 0.6) is 0 Å². The van der Waals surface area contributed by atoms with Crippen molar-refractivity contribution < 1.29 is 14.7 Å². The molecule has 0 saturated heterocycles. The Balaban J connectivity index is 4.07. The van der Waals surface area contributed by atoms with E-state index in [0.717, 1.165) is 11.5 Å². The number of carboxylic acids is 1. The summed E-state index contributed by atoms with van der Waals surface area (Å²) in [5, 5.41) is 11.6. The predicted molar refractivity (Wildman–Crippen MR) is 75.8 cm³/mol. The first-order valence-electron chi connectivity index (χ1n) is 6.24. The highest BCUT2D eigenvalue weighted by atomic mass is 32.2. The number of nitrogens with one attached hydrogen (secondary N) is 1. The van der Waals surface area contributed by atoms with Crippen LogP contribution in [-0.4, -0.2) is 34.5 Å². The van der Waals surface area contributed by atoms with E-state index in [1.807, 2.05) is 0 Å². The van der Waals surface area contributed by atoms with E-state index in [2.05, 4.69) is 26.1 Å². The van der Waals surface area contributed by atoms with Crippen LogP contribution in [0.2, 0.25) is 0 Å². The molecule has 0 aromatic heterocycles. The highest BCUT2D eigenvalue weighted by Crippen LogP contribution is 2.21. The summed E-state index contributed by atoms with van der Waals surface area (Å²) in [5.41, 5.74) is 0.241. The van der Waals surface area contributed by atoms with Crippen LogP contribution in [0.4, 0.5) is 0 Å². The lowest BCUT2D eigenvalue weighted by Crippen LogP contribution is -2.43. The standard InChI is InChI=1S/C13H25NO3S/c1-9(2)11(15)14-10(12(16)17)6-7-18-8-13(3,4)5/h9-10H,6-8H2,1-5H3,(H,14,15)(H,16,17). The van der Waals surface area contributed by atoms with Crippen molar-refractivity contribution in [3.63, 3.8) is 0 Å². The Morgan fingerprint density at radius 2 is 1.83 bits per heavy atom. The molecule has 1 amide bonds. The molecule has 0 heterocycles. The van der Waals surface area contributed by atoms with E-state index in [9.17, 15) is 9.59 Å². The molecule has 0 radical (unpaired) electrons. The molecule has 0 bridgehead atoms. The van der Waals surface area contributed by atoms with Crippen LogP contribution in [-0.2, 0) is 9.59 Å². The summed E-state index contributed by atoms with van der Waals surface area (Å²) in [6.07, 6.45) is 0.467. The maximum Gasteiger partial charge on any atom is 0.326 e. The molecule has 4 nitrogen and oxygen atoms in total. The topological polar surface area (TPSA) is 66.4 Å². The quantitative estimate of drug-likeness (QED) is 0.700. The predicted octanol–water partition coefficient (Wildman–Crippen LogP) is 2.38. The van der Waals surface area contributed by atoms with Gasteiger partial charge < -0.3 is 10.4 Å². The fraction of sp³-hybridized carbons (Fsp3) is 0.846. The Hall–Kier alpha value is -0.710. The lowest BCUT2D eigenvalue weighted by atomic mass is 10.0. The van der Waals surface area contributed by atoms with Gasteiger partial charge in [-0.15, -0.1) is 0 Å². The third-order valence-corrected chi connectivity index (χ3v) is 3.82. The summed E-state index contributed by atoms with van der Waals surface area (Å²) in [6.45, 7) is 9.95. The molecule has 0 fully saturated rings. The Labute approximate surface area is 114 Å². The van der Waals surface area contributed by atoms with Gasteiger partial charge in [0.25, 0.3) is 0 Å². The average molecular weight is 275 g/mol. The maximum atomic E-state index is 11.5. The SMILES string of the molecule is CC(C)C(=O)NC(CCSCC(C)(C)C)C(=O)O. The van der Waals surface area contributed by atoms with Gasteiger partial charge in [-0.1, -0.05) is 34.6 Å². The molecule has 0 aliphatic heterocycles. The van der Waals surface area contributed by atoms with Crippen molar-refractivity contribution in [3.8, 4) is 0 Å². The Morgan fingerprint density at radius 1 is 1.28 bits per heavy atom. The molecular formula is C13H25NO3S. The van der Waals surface area contributed by atoms with Crippen molar-refractivity contribution in [2.45, 2.75) is 47.1 Å². The van der Waals surface area contributed by atoms with Crippen LogP contribution in [0.1, 0.15) is 41.0 Å². The molecular weight excluding hydrogens is 250 g/mol. The van der Waals surface area contributed by atoms with Crippen LogP contribution in [0.25, 0.3) is 0 Å². The molecule has 18 heavy (non-hydrogen) atoms. The fourth-order valence-corrected chi connectivity index (χ4v) is 2.33. The van der Waals surface area contributed by atoms with Gasteiger partial charge in [-0.25, -0.2) is 4.79 Å². The molecule has 1 atom stereocenters. The number of carbonyl (C=O) groups excluding carboxylic acids is 1. The summed E-state index contributed by atoms with van der Waals surface area (Å²) in [5.74, 6) is 0.377. The minimum atomic E-state index is -0.958. The van der Waals surface area contributed by atoms with Gasteiger partial charge in [-0.3, -0.25) is 4.79 Å². The normalized spacial score (nSPS) is 13.4. The molecule has 0 rings (SSSR count). The molecule has 106 valence electrons. The lowest BCUT2D eigenvalue weighted by Gasteiger charge is -2.19. The van der Waals surface area contributed by atoms with E-state index in [1.54, 1.807) is 25.6 Å². The third-order valence-electron chi connectivity index (χ3n) is 2.22. The largest absolute Gasteiger partial charge is 0.480 e. The molecule has 1 unspecified atom stereocenters. The second kappa shape index (κ2) is 7.67. The van der Waals surface area contributed by atoms with E-state index in [0.29, 0.717) is 6.42 Å². The summed E-state index contributed by atoms with van der Waals surface area (Å²) in [6, 6.07) is -0.771. The molecule has 5 heteroatoms. The zero-order valence-corrected chi connectivity index (χ0v) is 12.8. The monoisotopic (exact) mass is 275 g/mol. The Kier molecular flexibility index (Phi) is 7.36.